The first-order chi connectivity index (χ1) is 5.16. The van der Waals surface area contributed by atoms with Crippen LogP contribution in [-0.2, 0) is 0 Å². The van der Waals surface area contributed by atoms with Crippen LogP contribution in [0.25, 0.3) is 0 Å². The summed E-state index contributed by atoms with van der Waals surface area (Å²) in [6.07, 6.45) is 0. The number of rotatable bonds is 2. The van der Waals surface area contributed by atoms with E-state index in [0.29, 0.717) is 4.60 Å². The number of nitro groups is 1. The first-order valence-corrected chi connectivity index (χ1v) is 3.38. The maximum absolute atomic E-state index is 10.2. The molecule has 60 valence electrons. The number of H-pyrrole nitrogens is 1. The van der Waals surface area contributed by atoms with Crippen LogP contribution < -0.4 is 4.74 Å². The van der Waals surface area contributed by atoms with Gasteiger partial charge in [0.05, 0.1) is 12.2 Å². The number of aromatic amines is 1. The fourth-order valence-electron chi connectivity index (χ4n) is 0.606. The largest absolute Gasteiger partial charge is 0.487 e. The Bertz CT molecular complexity index is 284. The predicted molar refractivity (Wildman–Crippen MR) is 39.5 cm³/mol. The van der Waals surface area contributed by atoms with E-state index < -0.39 is 4.92 Å². The van der Waals surface area contributed by atoms with Crippen LogP contribution in [0.1, 0.15) is 0 Å². The van der Waals surface area contributed by atoms with E-state index in [-0.39, 0.29) is 11.6 Å². The van der Waals surface area contributed by atoms with Crippen molar-refractivity contribution in [2.75, 3.05) is 7.11 Å². The summed E-state index contributed by atoms with van der Waals surface area (Å²) in [5.41, 5.74) is 0. The standard InChI is InChI=1S/C4H4BrN3O3/c1-11-2-3(5)6-7-4(2)8(9)10/h1H3,(H,6,7). The van der Waals surface area contributed by atoms with E-state index in [1.54, 1.807) is 0 Å². The minimum Gasteiger partial charge on any atom is -0.487 e. The Labute approximate surface area is 69.8 Å². The van der Waals surface area contributed by atoms with E-state index in [9.17, 15) is 10.1 Å². The zero-order valence-corrected chi connectivity index (χ0v) is 7.08. The van der Waals surface area contributed by atoms with E-state index in [2.05, 4.69) is 26.1 Å². The number of hydrogen-bond donors (Lipinski definition) is 1. The first kappa shape index (κ1) is 7.99. The molecule has 0 fully saturated rings. The van der Waals surface area contributed by atoms with E-state index in [0.717, 1.165) is 0 Å². The molecule has 6 nitrogen and oxygen atoms in total. The number of hydrogen-bond acceptors (Lipinski definition) is 4. The maximum atomic E-state index is 10.2. The summed E-state index contributed by atoms with van der Waals surface area (Å²) in [5.74, 6) is -0.214. The van der Waals surface area contributed by atoms with Crippen LogP contribution in [0.2, 0.25) is 0 Å². The number of ether oxygens (including phenoxy) is 1. The van der Waals surface area contributed by atoms with Crippen molar-refractivity contribution in [1.29, 1.82) is 0 Å². The Morgan fingerprint density at radius 1 is 1.82 bits per heavy atom. The van der Waals surface area contributed by atoms with Gasteiger partial charge < -0.3 is 14.9 Å². The molecule has 0 aliphatic rings. The molecule has 1 N–H and O–H groups in total. The van der Waals surface area contributed by atoms with E-state index >= 15 is 0 Å². The SMILES string of the molecule is COc1c([N+](=O)[O-])n[nH]c1Br. The van der Waals surface area contributed by atoms with Gasteiger partial charge in [-0.3, -0.25) is 0 Å². The number of nitrogens with one attached hydrogen (secondary N) is 1. The fourth-order valence-corrected chi connectivity index (χ4v) is 1.03. The molecule has 0 aliphatic carbocycles. The lowest BCUT2D eigenvalue weighted by molar-refractivity contribution is -0.390. The monoisotopic (exact) mass is 221 g/mol. The van der Waals surface area contributed by atoms with Gasteiger partial charge >= 0.3 is 5.82 Å². The molecule has 0 saturated carbocycles. The van der Waals surface area contributed by atoms with Gasteiger partial charge in [0.1, 0.15) is 0 Å². The molecule has 7 heteroatoms. The second-order valence-electron chi connectivity index (χ2n) is 1.65. The predicted octanol–water partition coefficient (Wildman–Crippen LogP) is 1.09. The molecule has 1 rings (SSSR count). The van der Waals surface area contributed by atoms with Crippen LogP contribution in [0.4, 0.5) is 5.82 Å². The van der Waals surface area contributed by atoms with Crippen molar-refractivity contribution in [3.05, 3.63) is 14.7 Å². The third-order valence-corrected chi connectivity index (χ3v) is 1.58. The van der Waals surface area contributed by atoms with E-state index in [1.807, 2.05) is 0 Å². The summed E-state index contributed by atoms with van der Waals surface area (Å²) < 4.78 is 5.06. The van der Waals surface area contributed by atoms with Gasteiger partial charge in [-0.05, 0) is 20.9 Å². The summed E-state index contributed by atoms with van der Waals surface area (Å²) in [6, 6.07) is 0. The lowest BCUT2D eigenvalue weighted by Crippen LogP contribution is -1.91. The first-order valence-electron chi connectivity index (χ1n) is 2.59. The topological polar surface area (TPSA) is 81.1 Å². The highest BCUT2D eigenvalue weighted by Gasteiger charge is 2.22. The Hall–Kier alpha value is -1.11. The zero-order chi connectivity index (χ0) is 8.43. The molecule has 1 heterocycles. The Balaban J connectivity index is 3.15. The van der Waals surface area contributed by atoms with Gasteiger partial charge in [-0.25, -0.2) is 0 Å². The number of aromatic nitrogens is 2. The van der Waals surface area contributed by atoms with Gasteiger partial charge in [-0.2, -0.15) is 5.10 Å². The Kier molecular flexibility index (Phi) is 2.08. The molecule has 0 unspecified atom stereocenters. The molecule has 0 radical (unpaired) electrons. The summed E-state index contributed by atoms with van der Waals surface area (Å²) in [4.78, 5) is 9.59. The van der Waals surface area contributed by atoms with Crippen molar-refractivity contribution in [1.82, 2.24) is 10.2 Å². The minimum absolute atomic E-state index is 0.106. The average Bonchev–Trinajstić information content (AvgIpc) is 2.30. The Morgan fingerprint density at radius 3 is 2.82 bits per heavy atom. The molecule has 0 amide bonds. The quantitative estimate of drug-likeness (QED) is 0.599. The molecule has 1 aromatic heterocycles. The number of methoxy groups -OCH3 is 1. The Morgan fingerprint density at radius 2 is 2.45 bits per heavy atom. The molecular formula is C4H4BrN3O3. The highest BCUT2D eigenvalue weighted by molar-refractivity contribution is 9.10. The van der Waals surface area contributed by atoms with Crippen LogP contribution >= 0.6 is 15.9 Å². The zero-order valence-electron chi connectivity index (χ0n) is 5.50. The number of halogens is 1. The molecular weight excluding hydrogens is 218 g/mol. The molecule has 1 aromatic rings. The minimum atomic E-state index is -0.625. The summed E-state index contributed by atoms with van der Waals surface area (Å²) in [6.45, 7) is 0. The molecule has 0 bridgehead atoms. The van der Waals surface area contributed by atoms with Gasteiger partial charge in [0, 0.05) is 0 Å². The van der Waals surface area contributed by atoms with Crippen molar-refractivity contribution < 1.29 is 9.66 Å². The fraction of sp³-hybridized carbons (Fsp3) is 0.250. The molecule has 11 heavy (non-hydrogen) atoms. The molecule has 0 aliphatic heterocycles. The third kappa shape index (κ3) is 1.32. The second-order valence-corrected chi connectivity index (χ2v) is 2.44. The lowest BCUT2D eigenvalue weighted by atomic mass is 10.6. The molecule has 0 saturated heterocycles. The van der Waals surface area contributed by atoms with Crippen molar-refractivity contribution in [2.24, 2.45) is 0 Å². The van der Waals surface area contributed by atoms with Crippen molar-refractivity contribution in [3.8, 4) is 5.75 Å². The number of nitrogens with zero attached hydrogens (tertiary/aromatic N) is 2. The molecule has 0 aromatic carbocycles. The van der Waals surface area contributed by atoms with Crippen LogP contribution in [-0.4, -0.2) is 22.2 Å². The smallest absolute Gasteiger partial charge is 0.433 e. The van der Waals surface area contributed by atoms with Crippen LogP contribution in [0.5, 0.6) is 5.75 Å². The van der Waals surface area contributed by atoms with Gasteiger partial charge in [0.2, 0.25) is 0 Å². The molecule has 0 atom stereocenters. The van der Waals surface area contributed by atoms with Crippen molar-refractivity contribution in [3.63, 3.8) is 0 Å². The second kappa shape index (κ2) is 2.87. The summed E-state index contributed by atoms with van der Waals surface area (Å²) in [5, 5.41) is 16.0. The van der Waals surface area contributed by atoms with E-state index in [4.69, 9.17) is 4.74 Å². The summed E-state index contributed by atoms with van der Waals surface area (Å²) in [7, 11) is 1.34. The third-order valence-electron chi connectivity index (χ3n) is 1.04. The van der Waals surface area contributed by atoms with Crippen LogP contribution in [0, 0.1) is 10.1 Å². The van der Waals surface area contributed by atoms with Crippen LogP contribution in [0.3, 0.4) is 0 Å². The average molecular weight is 222 g/mol. The van der Waals surface area contributed by atoms with Gasteiger partial charge in [0.25, 0.3) is 5.75 Å². The lowest BCUT2D eigenvalue weighted by Gasteiger charge is -1.93. The normalized spacial score (nSPS) is 9.64. The van der Waals surface area contributed by atoms with Crippen molar-refractivity contribution >= 4 is 21.7 Å². The van der Waals surface area contributed by atoms with Gasteiger partial charge in [0.15, 0.2) is 4.60 Å². The van der Waals surface area contributed by atoms with Crippen LogP contribution in [0.15, 0.2) is 4.60 Å². The van der Waals surface area contributed by atoms with Gasteiger partial charge in [-0.15, -0.1) is 0 Å². The highest BCUT2D eigenvalue weighted by atomic mass is 79.9. The maximum Gasteiger partial charge on any atom is 0.433 e. The highest BCUT2D eigenvalue weighted by Crippen LogP contribution is 2.31. The molecule has 0 spiro atoms. The van der Waals surface area contributed by atoms with Gasteiger partial charge in [-0.1, -0.05) is 0 Å². The van der Waals surface area contributed by atoms with E-state index in [1.165, 1.54) is 7.11 Å². The van der Waals surface area contributed by atoms with Crippen molar-refractivity contribution in [2.45, 2.75) is 0 Å². The summed E-state index contributed by atoms with van der Waals surface area (Å²) >= 11 is 3.00.